The fraction of sp³-hybridized carbons (Fsp3) is 0.308. The lowest BCUT2D eigenvalue weighted by Gasteiger charge is -2.20. The van der Waals surface area contributed by atoms with Crippen molar-refractivity contribution in [2.45, 2.75) is 12.5 Å². The third-order valence-corrected chi connectivity index (χ3v) is 3.60. The van der Waals surface area contributed by atoms with Crippen LogP contribution < -0.4 is 10.6 Å². The Balaban J connectivity index is 1.67. The van der Waals surface area contributed by atoms with E-state index in [-0.39, 0.29) is 18.5 Å². The monoisotopic (exact) mass is 336 g/mol. The lowest BCUT2D eigenvalue weighted by Crippen LogP contribution is -2.47. The second-order valence-electron chi connectivity index (χ2n) is 4.59. The molecule has 1 aliphatic rings. The molecule has 2 heterocycles. The van der Waals surface area contributed by atoms with Gasteiger partial charge >= 0.3 is 0 Å². The molecule has 0 saturated carbocycles. The van der Waals surface area contributed by atoms with Crippen LogP contribution in [0.25, 0.3) is 0 Å². The summed E-state index contributed by atoms with van der Waals surface area (Å²) in [5, 5.41) is 9.79. The number of benzene rings is 1. The largest absolute Gasteiger partial charge is 0.353 e. The third kappa shape index (κ3) is 3.05. The third-order valence-electron chi connectivity index (χ3n) is 3.07. The van der Waals surface area contributed by atoms with E-state index < -0.39 is 0 Å². The molecule has 2 aromatic rings. The number of carbonyl (C=O) groups is 1. The first-order chi connectivity index (χ1) is 9.70. The molecule has 7 heteroatoms. The van der Waals surface area contributed by atoms with Gasteiger partial charge in [0.15, 0.2) is 5.82 Å². The van der Waals surface area contributed by atoms with Crippen molar-refractivity contribution in [3.05, 3.63) is 46.0 Å². The van der Waals surface area contributed by atoms with Gasteiger partial charge in [0, 0.05) is 17.4 Å². The van der Waals surface area contributed by atoms with E-state index in [4.69, 9.17) is 4.52 Å². The number of hydrogen-bond acceptors (Lipinski definition) is 5. The van der Waals surface area contributed by atoms with Crippen LogP contribution in [0.15, 0.2) is 33.3 Å². The molecule has 0 bridgehead atoms. The Hall–Kier alpha value is -1.73. The minimum atomic E-state index is -0.112. The highest BCUT2D eigenvalue weighted by molar-refractivity contribution is 9.10. The van der Waals surface area contributed by atoms with Crippen LogP contribution >= 0.6 is 15.9 Å². The molecule has 0 radical (unpaired) electrons. The molecule has 6 nitrogen and oxygen atoms in total. The van der Waals surface area contributed by atoms with Crippen LogP contribution in [0, 0.1) is 0 Å². The van der Waals surface area contributed by atoms with Gasteiger partial charge in [-0.15, -0.1) is 0 Å². The summed E-state index contributed by atoms with van der Waals surface area (Å²) < 4.78 is 6.29. The van der Waals surface area contributed by atoms with Crippen molar-refractivity contribution < 1.29 is 9.32 Å². The summed E-state index contributed by atoms with van der Waals surface area (Å²) in [6.45, 7) is 0.744. The van der Waals surface area contributed by atoms with E-state index in [9.17, 15) is 4.79 Å². The van der Waals surface area contributed by atoms with Crippen LogP contribution in [0.1, 0.15) is 23.3 Å². The van der Waals surface area contributed by atoms with Crippen molar-refractivity contribution in [1.29, 1.82) is 0 Å². The van der Waals surface area contributed by atoms with Crippen LogP contribution in [0.2, 0.25) is 0 Å². The van der Waals surface area contributed by atoms with E-state index in [2.05, 4.69) is 36.7 Å². The normalized spacial score (nSPS) is 18.9. The zero-order valence-corrected chi connectivity index (χ0v) is 12.2. The maximum Gasteiger partial charge on any atom is 0.245 e. The second kappa shape index (κ2) is 5.72. The van der Waals surface area contributed by atoms with Gasteiger partial charge in [-0.05, 0) is 17.7 Å². The average molecular weight is 337 g/mol. The fourth-order valence-electron chi connectivity index (χ4n) is 2.01. The molecule has 0 aliphatic carbocycles. The van der Waals surface area contributed by atoms with Gasteiger partial charge in [0.25, 0.3) is 0 Å². The van der Waals surface area contributed by atoms with Gasteiger partial charge in [-0.25, -0.2) is 0 Å². The Morgan fingerprint density at radius 3 is 2.85 bits per heavy atom. The van der Waals surface area contributed by atoms with Crippen LogP contribution in [0.5, 0.6) is 0 Å². The van der Waals surface area contributed by atoms with Gasteiger partial charge in [0.05, 0.1) is 6.54 Å². The molecule has 1 amide bonds. The summed E-state index contributed by atoms with van der Waals surface area (Å²) in [7, 11) is 0. The molecule has 1 aliphatic heterocycles. The number of carbonyl (C=O) groups excluding carboxylic acids is 1. The predicted octanol–water partition coefficient (Wildman–Crippen LogP) is 1.18. The minimum absolute atomic E-state index is 0.0177. The van der Waals surface area contributed by atoms with Gasteiger partial charge in [0.2, 0.25) is 11.8 Å². The molecular formula is C13H13BrN4O2. The van der Waals surface area contributed by atoms with Crippen molar-refractivity contribution in [3.8, 4) is 0 Å². The number of rotatable bonds is 3. The van der Waals surface area contributed by atoms with E-state index >= 15 is 0 Å². The molecule has 104 valence electrons. The molecule has 1 saturated heterocycles. The zero-order chi connectivity index (χ0) is 13.9. The summed E-state index contributed by atoms with van der Waals surface area (Å²) in [5.41, 5.74) is 1.12. The molecule has 2 N–H and O–H groups in total. The van der Waals surface area contributed by atoms with E-state index in [0.29, 0.717) is 24.7 Å². The number of hydrogen-bond donors (Lipinski definition) is 2. The van der Waals surface area contributed by atoms with Crippen molar-refractivity contribution in [2.75, 3.05) is 13.1 Å². The SMILES string of the molecule is O=C1CNC(c2nc(Cc3ccc(Br)cc3)no2)CN1. The first-order valence-corrected chi connectivity index (χ1v) is 7.07. The second-order valence-corrected chi connectivity index (χ2v) is 5.51. The number of amides is 1. The summed E-state index contributed by atoms with van der Waals surface area (Å²) >= 11 is 3.40. The van der Waals surface area contributed by atoms with Gasteiger partial charge in [-0.1, -0.05) is 33.2 Å². The molecule has 0 spiro atoms. The summed E-state index contributed by atoms with van der Waals surface area (Å²) in [4.78, 5) is 15.4. The number of nitrogens with one attached hydrogen (secondary N) is 2. The maximum absolute atomic E-state index is 11.1. The number of halogens is 1. The van der Waals surface area contributed by atoms with E-state index in [1.165, 1.54) is 0 Å². The van der Waals surface area contributed by atoms with Gasteiger partial charge in [-0.2, -0.15) is 4.98 Å². The molecule has 1 fully saturated rings. The zero-order valence-electron chi connectivity index (χ0n) is 10.6. The Bertz CT molecular complexity index is 601. The van der Waals surface area contributed by atoms with Gasteiger partial charge in [-0.3, -0.25) is 10.1 Å². The topological polar surface area (TPSA) is 80.1 Å². The van der Waals surface area contributed by atoms with Crippen LogP contribution in [-0.2, 0) is 11.2 Å². The van der Waals surface area contributed by atoms with Crippen LogP contribution in [0.3, 0.4) is 0 Å². The fourth-order valence-corrected chi connectivity index (χ4v) is 2.27. The highest BCUT2D eigenvalue weighted by Gasteiger charge is 2.23. The number of aromatic nitrogens is 2. The lowest BCUT2D eigenvalue weighted by atomic mass is 10.1. The average Bonchev–Trinajstić information content (AvgIpc) is 2.91. The molecule has 1 aromatic heterocycles. The minimum Gasteiger partial charge on any atom is -0.353 e. The van der Waals surface area contributed by atoms with Crippen molar-refractivity contribution >= 4 is 21.8 Å². The van der Waals surface area contributed by atoms with E-state index in [1.807, 2.05) is 24.3 Å². The standard InChI is InChI=1S/C13H13BrN4O2/c14-9-3-1-8(2-4-9)5-11-17-13(20-18-11)10-6-16-12(19)7-15-10/h1-4,10,15H,5-7H2,(H,16,19). The number of piperazine rings is 1. The van der Waals surface area contributed by atoms with E-state index in [1.54, 1.807) is 0 Å². The molecule has 20 heavy (non-hydrogen) atoms. The molecule has 1 unspecified atom stereocenters. The Kier molecular flexibility index (Phi) is 3.79. The number of nitrogens with zero attached hydrogens (tertiary/aromatic N) is 2. The summed E-state index contributed by atoms with van der Waals surface area (Å²) in [6.07, 6.45) is 0.621. The van der Waals surface area contributed by atoms with Gasteiger partial charge < -0.3 is 9.84 Å². The van der Waals surface area contributed by atoms with Crippen LogP contribution in [0.4, 0.5) is 0 Å². The van der Waals surface area contributed by atoms with Crippen molar-refractivity contribution in [1.82, 2.24) is 20.8 Å². The summed E-state index contributed by atoms with van der Waals surface area (Å²) in [6, 6.07) is 7.88. The molecule has 3 rings (SSSR count). The maximum atomic E-state index is 11.1. The molecule has 1 aromatic carbocycles. The highest BCUT2D eigenvalue weighted by Crippen LogP contribution is 2.15. The first-order valence-electron chi connectivity index (χ1n) is 6.28. The quantitative estimate of drug-likeness (QED) is 0.879. The lowest BCUT2D eigenvalue weighted by molar-refractivity contribution is -0.121. The predicted molar refractivity (Wildman–Crippen MR) is 75.0 cm³/mol. The Morgan fingerprint density at radius 2 is 2.15 bits per heavy atom. The van der Waals surface area contributed by atoms with Gasteiger partial charge in [0.1, 0.15) is 6.04 Å². The molecular weight excluding hydrogens is 324 g/mol. The van der Waals surface area contributed by atoms with E-state index in [0.717, 1.165) is 10.0 Å². The smallest absolute Gasteiger partial charge is 0.245 e. The van der Waals surface area contributed by atoms with Crippen LogP contribution in [-0.4, -0.2) is 29.1 Å². The Morgan fingerprint density at radius 1 is 1.35 bits per heavy atom. The summed E-state index contributed by atoms with van der Waals surface area (Å²) in [5.74, 6) is 1.13. The Labute approximate surface area is 124 Å². The first kappa shape index (κ1) is 13.3. The van der Waals surface area contributed by atoms with Crippen molar-refractivity contribution in [3.63, 3.8) is 0 Å². The van der Waals surface area contributed by atoms with Crippen molar-refractivity contribution in [2.24, 2.45) is 0 Å². The molecule has 1 atom stereocenters. The highest BCUT2D eigenvalue weighted by atomic mass is 79.9.